The van der Waals surface area contributed by atoms with Gasteiger partial charge >= 0.3 is 0 Å². The molecule has 3 rings (SSSR count). The Hall–Kier alpha value is -1.13. The van der Waals surface area contributed by atoms with Gasteiger partial charge in [0.15, 0.2) is 5.15 Å². The number of aromatic nitrogens is 3. The summed E-state index contributed by atoms with van der Waals surface area (Å²) < 4.78 is 2.74. The van der Waals surface area contributed by atoms with Crippen molar-refractivity contribution in [1.29, 1.82) is 0 Å². The van der Waals surface area contributed by atoms with Gasteiger partial charge in [0.2, 0.25) is 0 Å². The van der Waals surface area contributed by atoms with Gasteiger partial charge in [-0.25, -0.2) is 9.50 Å². The molecule has 0 aliphatic heterocycles. The van der Waals surface area contributed by atoms with Crippen LogP contribution in [-0.4, -0.2) is 14.6 Å². The summed E-state index contributed by atoms with van der Waals surface area (Å²) in [6, 6.07) is 5.91. The molecule has 0 atom stereocenters. The van der Waals surface area contributed by atoms with Gasteiger partial charge in [-0.1, -0.05) is 11.6 Å². The highest BCUT2D eigenvalue weighted by Gasteiger charge is 2.10. The van der Waals surface area contributed by atoms with Gasteiger partial charge in [-0.05, 0) is 46.6 Å². The maximum atomic E-state index is 6.10. The molecule has 0 fully saturated rings. The molecule has 2 heterocycles. The van der Waals surface area contributed by atoms with Gasteiger partial charge < -0.3 is 0 Å². The predicted molar refractivity (Wildman–Crippen MR) is 67.9 cm³/mol. The topological polar surface area (TPSA) is 30.2 Å². The minimum Gasteiger partial charge on any atom is -0.231 e. The lowest BCUT2D eigenvalue weighted by Gasteiger charge is -2.05. The molecular weight excluding hydrogens is 289 g/mol. The zero-order valence-corrected chi connectivity index (χ0v) is 10.7. The van der Waals surface area contributed by atoms with Crippen LogP contribution in [0, 0.1) is 6.92 Å². The van der Waals surface area contributed by atoms with Gasteiger partial charge in [-0.15, -0.1) is 0 Å². The lowest BCUT2D eigenvalue weighted by molar-refractivity contribution is 0.993. The molecule has 2 aromatic heterocycles. The number of rotatable bonds is 0. The van der Waals surface area contributed by atoms with E-state index in [1.165, 1.54) is 0 Å². The van der Waals surface area contributed by atoms with Gasteiger partial charge in [0.05, 0.1) is 11.7 Å². The second-order valence-electron chi connectivity index (χ2n) is 3.65. The molecule has 0 unspecified atom stereocenters. The molecule has 0 aliphatic carbocycles. The van der Waals surface area contributed by atoms with E-state index in [1.54, 1.807) is 6.20 Å². The Bertz CT molecular complexity index is 705. The highest BCUT2D eigenvalue weighted by molar-refractivity contribution is 9.10. The molecule has 80 valence electrons. The van der Waals surface area contributed by atoms with Crippen molar-refractivity contribution in [3.63, 3.8) is 0 Å². The van der Waals surface area contributed by atoms with Gasteiger partial charge in [0.1, 0.15) is 11.0 Å². The Morgan fingerprint density at radius 3 is 2.94 bits per heavy atom. The number of aryl methyl sites for hydroxylation is 1. The molecule has 5 heteroatoms. The molecule has 0 amide bonds. The number of fused-ring (bicyclic) bond motifs is 3. The van der Waals surface area contributed by atoms with Crippen LogP contribution in [0.1, 0.15) is 5.56 Å². The van der Waals surface area contributed by atoms with Gasteiger partial charge in [0.25, 0.3) is 0 Å². The standard InChI is InChI=1S/C11H7BrClN3/c1-6-4-7(12)10-9(5-6)16-8(2-3-14-16)11(13)15-10/h2-5H,1H3. The van der Waals surface area contributed by atoms with Gasteiger partial charge in [-0.3, -0.25) is 0 Å². The van der Waals surface area contributed by atoms with Crippen LogP contribution in [0.5, 0.6) is 0 Å². The first-order chi connectivity index (χ1) is 7.66. The minimum atomic E-state index is 0.467. The average Bonchev–Trinajstić information content (AvgIpc) is 2.69. The monoisotopic (exact) mass is 295 g/mol. The number of benzene rings is 1. The number of hydrogen-bond acceptors (Lipinski definition) is 2. The van der Waals surface area contributed by atoms with Crippen LogP contribution in [-0.2, 0) is 0 Å². The second-order valence-corrected chi connectivity index (χ2v) is 4.86. The zero-order valence-electron chi connectivity index (χ0n) is 8.41. The third kappa shape index (κ3) is 1.33. The zero-order chi connectivity index (χ0) is 11.3. The van der Waals surface area contributed by atoms with Gasteiger partial charge in [-0.2, -0.15) is 5.10 Å². The molecular formula is C11H7BrClN3. The number of nitrogens with zero attached hydrogens (tertiary/aromatic N) is 3. The van der Waals surface area contributed by atoms with Crippen molar-refractivity contribution in [1.82, 2.24) is 14.6 Å². The predicted octanol–water partition coefficient (Wildman–Crippen LogP) is 3.61. The maximum Gasteiger partial charge on any atom is 0.155 e. The second kappa shape index (κ2) is 3.43. The normalized spacial score (nSPS) is 11.4. The van der Waals surface area contributed by atoms with E-state index >= 15 is 0 Å². The van der Waals surface area contributed by atoms with Crippen molar-refractivity contribution < 1.29 is 0 Å². The fraction of sp³-hybridized carbons (Fsp3) is 0.0909. The summed E-state index contributed by atoms with van der Waals surface area (Å²) >= 11 is 9.59. The Morgan fingerprint density at radius 1 is 1.31 bits per heavy atom. The summed E-state index contributed by atoms with van der Waals surface area (Å²) in [5, 5.41) is 4.73. The molecule has 0 radical (unpaired) electrons. The Morgan fingerprint density at radius 2 is 2.12 bits per heavy atom. The van der Waals surface area contributed by atoms with E-state index in [1.807, 2.05) is 29.6 Å². The van der Waals surface area contributed by atoms with E-state index in [4.69, 9.17) is 11.6 Å². The summed E-state index contributed by atoms with van der Waals surface area (Å²) in [7, 11) is 0. The first-order valence-corrected chi connectivity index (χ1v) is 5.93. The maximum absolute atomic E-state index is 6.10. The lowest BCUT2D eigenvalue weighted by atomic mass is 10.2. The Balaban J connectivity index is 2.64. The van der Waals surface area contributed by atoms with Crippen molar-refractivity contribution in [2.24, 2.45) is 0 Å². The highest BCUT2D eigenvalue weighted by Crippen LogP contribution is 2.27. The summed E-state index contributed by atoms with van der Waals surface area (Å²) in [4.78, 5) is 4.37. The molecule has 3 aromatic rings. The summed E-state index contributed by atoms with van der Waals surface area (Å²) in [6.07, 6.45) is 1.72. The SMILES string of the molecule is Cc1cc(Br)c2nc(Cl)c3ccnn3c2c1. The number of halogens is 2. The van der Waals surface area contributed by atoms with E-state index in [0.717, 1.165) is 26.6 Å². The summed E-state index contributed by atoms with van der Waals surface area (Å²) in [6.45, 7) is 2.04. The number of hydrogen-bond donors (Lipinski definition) is 0. The molecule has 0 aliphatic rings. The molecule has 0 bridgehead atoms. The van der Waals surface area contributed by atoms with Crippen LogP contribution in [0.25, 0.3) is 16.6 Å². The van der Waals surface area contributed by atoms with Crippen LogP contribution >= 0.6 is 27.5 Å². The molecule has 1 aromatic carbocycles. The highest BCUT2D eigenvalue weighted by atomic mass is 79.9. The average molecular weight is 297 g/mol. The summed E-state index contributed by atoms with van der Waals surface area (Å²) in [5.41, 5.74) is 3.76. The molecule has 0 N–H and O–H groups in total. The van der Waals surface area contributed by atoms with Crippen LogP contribution in [0.15, 0.2) is 28.9 Å². The van der Waals surface area contributed by atoms with Crippen molar-refractivity contribution in [2.75, 3.05) is 0 Å². The molecule has 16 heavy (non-hydrogen) atoms. The van der Waals surface area contributed by atoms with Crippen LogP contribution in [0.3, 0.4) is 0 Å². The first kappa shape index (κ1) is 10.1. The fourth-order valence-electron chi connectivity index (χ4n) is 1.80. The van der Waals surface area contributed by atoms with Crippen molar-refractivity contribution >= 4 is 44.1 Å². The third-order valence-corrected chi connectivity index (χ3v) is 3.36. The Kier molecular flexibility index (Phi) is 2.16. The summed E-state index contributed by atoms with van der Waals surface area (Å²) in [5.74, 6) is 0. The quantitative estimate of drug-likeness (QED) is 0.634. The van der Waals surface area contributed by atoms with Crippen molar-refractivity contribution in [3.05, 3.63) is 39.6 Å². The van der Waals surface area contributed by atoms with E-state index in [2.05, 4.69) is 26.0 Å². The van der Waals surface area contributed by atoms with E-state index in [-0.39, 0.29) is 0 Å². The Labute approximate surface area is 105 Å². The van der Waals surface area contributed by atoms with E-state index < -0.39 is 0 Å². The first-order valence-electron chi connectivity index (χ1n) is 4.76. The van der Waals surface area contributed by atoms with Crippen LogP contribution in [0.4, 0.5) is 0 Å². The molecule has 0 spiro atoms. The van der Waals surface area contributed by atoms with Crippen molar-refractivity contribution in [2.45, 2.75) is 6.92 Å². The lowest BCUT2D eigenvalue weighted by Crippen LogP contribution is -1.95. The largest absolute Gasteiger partial charge is 0.231 e. The molecule has 0 saturated heterocycles. The van der Waals surface area contributed by atoms with Crippen molar-refractivity contribution in [3.8, 4) is 0 Å². The third-order valence-electron chi connectivity index (χ3n) is 2.48. The van der Waals surface area contributed by atoms with Gasteiger partial charge in [0, 0.05) is 4.47 Å². The fourth-order valence-corrected chi connectivity index (χ4v) is 2.68. The van der Waals surface area contributed by atoms with Crippen LogP contribution in [0.2, 0.25) is 5.15 Å². The van der Waals surface area contributed by atoms with Crippen LogP contribution < -0.4 is 0 Å². The van der Waals surface area contributed by atoms with E-state index in [0.29, 0.717) is 5.15 Å². The van der Waals surface area contributed by atoms with E-state index in [9.17, 15) is 0 Å². The molecule has 0 saturated carbocycles. The minimum absolute atomic E-state index is 0.467. The molecule has 3 nitrogen and oxygen atoms in total. The smallest absolute Gasteiger partial charge is 0.155 e.